The van der Waals surface area contributed by atoms with E-state index in [0.717, 1.165) is 12.0 Å². The van der Waals surface area contributed by atoms with Crippen LogP contribution in [0.2, 0.25) is 0 Å². The summed E-state index contributed by atoms with van der Waals surface area (Å²) in [6.45, 7) is -1.80. The van der Waals surface area contributed by atoms with Gasteiger partial charge in [0.25, 0.3) is 0 Å². The van der Waals surface area contributed by atoms with E-state index in [9.17, 15) is 13.6 Å². The van der Waals surface area contributed by atoms with Crippen LogP contribution in [0.5, 0.6) is 5.75 Å². The molecule has 0 spiro atoms. The summed E-state index contributed by atoms with van der Waals surface area (Å²) >= 11 is 0. The topological polar surface area (TPSA) is 67.4 Å². The highest BCUT2D eigenvalue weighted by Gasteiger charge is 2.22. The van der Waals surface area contributed by atoms with Gasteiger partial charge >= 0.3 is 6.61 Å². The molecule has 3 rings (SSSR count). The summed E-state index contributed by atoms with van der Waals surface area (Å²) in [6.07, 6.45) is 4.46. The van der Waals surface area contributed by atoms with Crippen molar-refractivity contribution in [1.29, 1.82) is 0 Å². The number of nitrogens with one attached hydrogen (secondary N) is 1. The second-order valence-corrected chi connectivity index (χ2v) is 5.29. The Morgan fingerprint density at radius 3 is 2.83 bits per heavy atom. The van der Waals surface area contributed by atoms with Crippen molar-refractivity contribution in [1.82, 2.24) is 9.97 Å². The predicted octanol–water partition coefficient (Wildman–Crippen LogP) is 2.82. The van der Waals surface area contributed by atoms with E-state index in [2.05, 4.69) is 20.0 Å². The minimum atomic E-state index is -2.85. The zero-order valence-corrected chi connectivity index (χ0v) is 12.8. The van der Waals surface area contributed by atoms with E-state index in [0.29, 0.717) is 31.1 Å². The van der Waals surface area contributed by atoms with E-state index in [4.69, 9.17) is 0 Å². The van der Waals surface area contributed by atoms with E-state index >= 15 is 0 Å². The quantitative estimate of drug-likeness (QED) is 0.880. The third kappa shape index (κ3) is 3.95. The third-order valence-corrected chi connectivity index (χ3v) is 3.59. The first-order valence-electron chi connectivity index (χ1n) is 7.52. The van der Waals surface area contributed by atoms with Crippen molar-refractivity contribution in [2.75, 3.05) is 16.8 Å². The molecule has 0 unspecified atom stereocenters. The summed E-state index contributed by atoms with van der Waals surface area (Å²) in [5.74, 6) is 1.24. The van der Waals surface area contributed by atoms with Gasteiger partial charge in [0.05, 0.1) is 12.4 Å². The largest absolute Gasteiger partial charge is 0.435 e. The number of benzene rings is 1. The fraction of sp³-hybridized carbons (Fsp3) is 0.312. The highest BCUT2D eigenvalue weighted by molar-refractivity contribution is 5.94. The van der Waals surface area contributed by atoms with Gasteiger partial charge < -0.3 is 10.1 Å². The number of hydrogen-bond donors (Lipinski definition) is 1. The molecule has 126 valence electrons. The Morgan fingerprint density at radius 2 is 2.17 bits per heavy atom. The summed E-state index contributed by atoms with van der Waals surface area (Å²) in [7, 11) is 0. The second-order valence-electron chi connectivity index (χ2n) is 5.29. The van der Waals surface area contributed by atoms with Gasteiger partial charge in [0.15, 0.2) is 5.82 Å². The first-order chi connectivity index (χ1) is 11.6. The van der Waals surface area contributed by atoms with Crippen LogP contribution in [-0.2, 0) is 11.3 Å². The zero-order chi connectivity index (χ0) is 16.9. The van der Waals surface area contributed by atoms with Crippen molar-refractivity contribution in [3.63, 3.8) is 0 Å². The van der Waals surface area contributed by atoms with E-state index in [-0.39, 0.29) is 11.7 Å². The zero-order valence-electron chi connectivity index (χ0n) is 12.8. The normalized spacial score (nSPS) is 14.3. The Labute approximate surface area is 137 Å². The van der Waals surface area contributed by atoms with Crippen LogP contribution in [0.3, 0.4) is 0 Å². The summed E-state index contributed by atoms with van der Waals surface area (Å²) < 4.78 is 28.8. The van der Waals surface area contributed by atoms with Crippen LogP contribution < -0.4 is 15.0 Å². The minimum absolute atomic E-state index is 0.0563. The molecule has 0 atom stereocenters. The van der Waals surface area contributed by atoms with E-state index < -0.39 is 6.61 Å². The monoisotopic (exact) mass is 334 g/mol. The lowest BCUT2D eigenvalue weighted by atomic mass is 10.2. The number of ether oxygens (including phenoxy) is 1. The standard InChI is InChI=1S/C16H16F2N4O2/c17-16(18)24-12-4-1-3-11(7-12)8-19-13-9-21-14(10-20-13)22-6-2-5-15(22)23/h1,3-4,7,9-10,16H,2,5-6,8H2,(H,19,20). The number of rotatable bonds is 6. The average Bonchev–Trinajstić information content (AvgIpc) is 2.99. The molecule has 0 saturated carbocycles. The first-order valence-corrected chi connectivity index (χ1v) is 7.52. The van der Waals surface area contributed by atoms with Crippen LogP contribution in [-0.4, -0.2) is 29.0 Å². The van der Waals surface area contributed by atoms with Crippen LogP contribution in [0.25, 0.3) is 0 Å². The maximum Gasteiger partial charge on any atom is 0.387 e. The number of carbonyl (C=O) groups excluding carboxylic acids is 1. The average molecular weight is 334 g/mol. The number of aromatic nitrogens is 2. The van der Waals surface area contributed by atoms with Gasteiger partial charge in [-0.25, -0.2) is 9.97 Å². The number of nitrogens with zero attached hydrogens (tertiary/aromatic N) is 3. The fourth-order valence-electron chi connectivity index (χ4n) is 2.47. The molecule has 8 heteroatoms. The van der Waals surface area contributed by atoms with E-state index in [1.54, 1.807) is 29.4 Å². The van der Waals surface area contributed by atoms with Crippen LogP contribution in [0, 0.1) is 0 Å². The molecule has 1 aromatic carbocycles. The lowest BCUT2D eigenvalue weighted by Crippen LogP contribution is -2.24. The number of anilines is 2. The van der Waals surface area contributed by atoms with Crippen molar-refractivity contribution in [3.8, 4) is 5.75 Å². The van der Waals surface area contributed by atoms with Crippen molar-refractivity contribution >= 4 is 17.5 Å². The highest BCUT2D eigenvalue weighted by Crippen LogP contribution is 2.19. The number of alkyl halides is 2. The van der Waals surface area contributed by atoms with E-state index in [1.165, 1.54) is 12.1 Å². The lowest BCUT2D eigenvalue weighted by molar-refractivity contribution is -0.117. The second kappa shape index (κ2) is 7.20. The van der Waals surface area contributed by atoms with Gasteiger partial charge in [0.2, 0.25) is 5.91 Å². The molecule has 0 bridgehead atoms. The van der Waals surface area contributed by atoms with Gasteiger partial charge in [-0.3, -0.25) is 9.69 Å². The Bertz CT molecular complexity index is 709. The summed E-state index contributed by atoms with van der Waals surface area (Å²) in [4.78, 5) is 21.7. The molecule has 24 heavy (non-hydrogen) atoms. The molecular formula is C16H16F2N4O2. The molecule has 1 amide bonds. The number of hydrogen-bond acceptors (Lipinski definition) is 5. The lowest BCUT2D eigenvalue weighted by Gasteiger charge is -2.14. The Kier molecular flexibility index (Phi) is 4.83. The third-order valence-electron chi connectivity index (χ3n) is 3.59. The highest BCUT2D eigenvalue weighted by atomic mass is 19.3. The summed E-state index contributed by atoms with van der Waals surface area (Å²) in [5.41, 5.74) is 0.772. The SMILES string of the molecule is O=C1CCCN1c1cnc(NCc2cccc(OC(F)F)c2)cn1. The maximum absolute atomic E-state index is 12.2. The van der Waals surface area contributed by atoms with Gasteiger partial charge in [-0.15, -0.1) is 0 Å². The van der Waals surface area contributed by atoms with Gasteiger partial charge in [-0.2, -0.15) is 8.78 Å². The fourth-order valence-corrected chi connectivity index (χ4v) is 2.47. The van der Waals surface area contributed by atoms with Gasteiger partial charge in [0, 0.05) is 19.5 Å². The molecule has 1 N–H and O–H groups in total. The van der Waals surface area contributed by atoms with Crippen LogP contribution in [0.4, 0.5) is 20.4 Å². The van der Waals surface area contributed by atoms with Crippen LogP contribution in [0.1, 0.15) is 18.4 Å². The Morgan fingerprint density at radius 1 is 1.29 bits per heavy atom. The van der Waals surface area contributed by atoms with Crippen molar-refractivity contribution in [2.45, 2.75) is 26.0 Å². The number of halogens is 2. The van der Waals surface area contributed by atoms with Crippen LogP contribution >= 0.6 is 0 Å². The van der Waals surface area contributed by atoms with Gasteiger partial charge in [0.1, 0.15) is 11.6 Å². The Hall–Kier alpha value is -2.77. The minimum Gasteiger partial charge on any atom is -0.435 e. The molecule has 1 fully saturated rings. The molecular weight excluding hydrogens is 318 g/mol. The maximum atomic E-state index is 12.2. The number of carbonyl (C=O) groups is 1. The summed E-state index contributed by atoms with van der Waals surface area (Å²) in [6, 6.07) is 6.43. The Balaban J connectivity index is 1.59. The van der Waals surface area contributed by atoms with Crippen LogP contribution in [0.15, 0.2) is 36.7 Å². The molecule has 0 aliphatic carbocycles. The van der Waals surface area contributed by atoms with Crippen molar-refractivity contribution < 1.29 is 18.3 Å². The van der Waals surface area contributed by atoms with Gasteiger partial charge in [-0.05, 0) is 24.1 Å². The number of amides is 1. The summed E-state index contributed by atoms with van der Waals surface area (Å²) in [5, 5.41) is 3.05. The molecule has 1 aliphatic heterocycles. The van der Waals surface area contributed by atoms with Crippen molar-refractivity contribution in [3.05, 3.63) is 42.2 Å². The van der Waals surface area contributed by atoms with E-state index in [1.807, 2.05) is 0 Å². The molecule has 2 heterocycles. The molecule has 1 aliphatic rings. The molecule has 1 aromatic heterocycles. The van der Waals surface area contributed by atoms with Gasteiger partial charge in [-0.1, -0.05) is 12.1 Å². The first kappa shape index (κ1) is 16.1. The molecule has 1 saturated heterocycles. The smallest absolute Gasteiger partial charge is 0.387 e. The van der Waals surface area contributed by atoms with Crippen molar-refractivity contribution in [2.24, 2.45) is 0 Å². The predicted molar refractivity (Wildman–Crippen MR) is 84.0 cm³/mol. The molecule has 6 nitrogen and oxygen atoms in total. The molecule has 2 aromatic rings. The molecule has 0 radical (unpaired) electrons.